The van der Waals surface area contributed by atoms with Gasteiger partial charge < -0.3 is 5.43 Å². The minimum atomic E-state index is 0.455. The summed E-state index contributed by atoms with van der Waals surface area (Å²) in [6.45, 7) is 6.41. The average molecular weight is 177 g/mol. The Kier molecular flexibility index (Phi) is 1.88. The zero-order chi connectivity index (χ0) is 9.42. The molecule has 1 aromatic rings. The molecule has 0 unspecified atom stereocenters. The maximum absolute atomic E-state index is 3.15. The van der Waals surface area contributed by atoms with Gasteiger partial charge in [-0.05, 0) is 38.5 Å². The van der Waals surface area contributed by atoms with Crippen LogP contribution in [0.15, 0.2) is 18.2 Å². The second-order valence-corrected chi connectivity index (χ2v) is 3.72. The third-order valence-electron chi connectivity index (χ3n) is 2.24. The third-order valence-corrected chi connectivity index (χ3v) is 2.24. The lowest BCUT2D eigenvalue weighted by molar-refractivity contribution is 0.633. The van der Waals surface area contributed by atoms with Crippen molar-refractivity contribution in [3.63, 3.8) is 0 Å². The molecule has 1 aliphatic heterocycles. The van der Waals surface area contributed by atoms with Crippen molar-refractivity contribution in [2.45, 2.75) is 26.8 Å². The zero-order valence-corrected chi connectivity index (χ0v) is 8.26. The smallest absolute Gasteiger partial charge is 0.0786 e. The van der Waals surface area contributed by atoms with Gasteiger partial charge in [-0.3, -0.25) is 5.01 Å². The Morgan fingerprint density at radius 2 is 2.08 bits per heavy atom. The van der Waals surface area contributed by atoms with E-state index in [0.717, 1.165) is 5.69 Å². The van der Waals surface area contributed by atoms with Crippen LogP contribution < -0.4 is 16.0 Å². The molecule has 0 saturated heterocycles. The summed E-state index contributed by atoms with van der Waals surface area (Å²) < 4.78 is 0. The lowest BCUT2D eigenvalue weighted by atomic mass is 10.2. The van der Waals surface area contributed by atoms with Gasteiger partial charge in [-0.25, -0.2) is 0 Å². The molecular formula is C10H15N3. The molecular weight excluding hydrogens is 162 g/mol. The van der Waals surface area contributed by atoms with Crippen LogP contribution in [-0.2, 0) is 0 Å². The first kappa shape index (κ1) is 8.38. The van der Waals surface area contributed by atoms with Gasteiger partial charge in [0, 0.05) is 6.04 Å². The van der Waals surface area contributed by atoms with Gasteiger partial charge in [-0.2, -0.15) is 0 Å². The highest BCUT2D eigenvalue weighted by molar-refractivity contribution is 5.73. The number of hydrogen-bond acceptors (Lipinski definition) is 3. The van der Waals surface area contributed by atoms with Crippen LogP contribution >= 0.6 is 0 Å². The molecule has 1 aromatic carbocycles. The summed E-state index contributed by atoms with van der Waals surface area (Å²) in [7, 11) is 0. The molecule has 0 aromatic heterocycles. The Balaban J connectivity index is 2.38. The molecule has 2 rings (SSSR count). The van der Waals surface area contributed by atoms with Gasteiger partial charge in [0.15, 0.2) is 0 Å². The third kappa shape index (κ3) is 1.35. The van der Waals surface area contributed by atoms with E-state index in [9.17, 15) is 0 Å². The van der Waals surface area contributed by atoms with Gasteiger partial charge in [0.1, 0.15) is 0 Å². The summed E-state index contributed by atoms with van der Waals surface area (Å²) in [6.07, 6.45) is 0. The molecule has 70 valence electrons. The Labute approximate surface area is 78.7 Å². The summed E-state index contributed by atoms with van der Waals surface area (Å²) in [5.41, 5.74) is 9.94. The Morgan fingerprint density at radius 3 is 2.77 bits per heavy atom. The number of anilines is 2. The number of aryl methyl sites for hydroxylation is 1. The summed E-state index contributed by atoms with van der Waals surface area (Å²) in [6, 6.07) is 6.86. The molecule has 3 nitrogen and oxygen atoms in total. The van der Waals surface area contributed by atoms with E-state index in [-0.39, 0.29) is 0 Å². The van der Waals surface area contributed by atoms with E-state index in [1.54, 1.807) is 0 Å². The number of rotatable bonds is 1. The Hall–Kier alpha value is -1.22. The van der Waals surface area contributed by atoms with Crippen molar-refractivity contribution in [1.29, 1.82) is 0 Å². The van der Waals surface area contributed by atoms with E-state index in [0.29, 0.717) is 6.04 Å². The quantitative estimate of drug-likeness (QED) is 0.687. The number of hydrogen-bond donors (Lipinski definition) is 2. The number of nitrogens with one attached hydrogen (secondary N) is 2. The Morgan fingerprint density at radius 1 is 1.31 bits per heavy atom. The van der Waals surface area contributed by atoms with Gasteiger partial charge in [0.05, 0.1) is 11.4 Å². The monoisotopic (exact) mass is 177 g/mol. The fourth-order valence-electron chi connectivity index (χ4n) is 1.55. The highest BCUT2D eigenvalue weighted by Crippen LogP contribution is 2.30. The van der Waals surface area contributed by atoms with E-state index in [1.807, 2.05) is 0 Å². The lowest BCUT2D eigenvalue weighted by Crippen LogP contribution is -2.41. The molecule has 1 heterocycles. The number of benzene rings is 1. The summed E-state index contributed by atoms with van der Waals surface area (Å²) in [5, 5.41) is 2.12. The predicted octanol–water partition coefficient (Wildman–Crippen LogP) is 2.05. The molecule has 0 bridgehead atoms. The van der Waals surface area contributed by atoms with Crippen LogP contribution in [0.1, 0.15) is 19.4 Å². The van der Waals surface area contributed by atoms with Gasteiger partial charge in [-0.1, -0.05) is 6.07 Å². The molecule has 3 heteroatoms. The van der Waals surface area contributed by atoms with Crippen molar-refractivity contribution in [1.82, 2.24) is 5.53 Å². The van der Waals surface area contributed by atoms with Crippen molar-refractivity contribution >= 4 is 11.4 Å². The highest BCUT2D eigenvalue weighted by atomic mass is 15.7. The number of nitrogens with zero attached hydrogens (tertiary/aromatic N) is 1. The average Bonchev–Trinajstić information content (AvgIpc) is 2.46. The standard InChI is InChI=1S/C10H15N3/c1-7(2)13-10-5-4-8(3)6-9(10)11-12-13/h4-7,11-12H,1-3H3. The van der Waals surface area contributed by atoms with Gasteiger partial charge in [-0.15, -0.1) is 5.53 Å². The predicted molar refractivity (Wildman–Crippen MR) is 55.6 cm³/mol. The van der Waals surface area contributed by atoms with E-state index in [1.165, 1.54) is 11.3 Å². The fraction of sp³-hybridized carbons (Fsp3) is 0.400. The van der Waals surface area contributed by atoms with E-state index in [4.69, 9.17) is 0 Å². The molecule has 0 amide bonds. The van der Waals surface area contributed by atoms with Crippen LogP contribution in [0.3, 0.4) is 0 Å². The van der Waals surface area contributed by atoms with Gasteiger partial charge in [0.2, 0.25) is 0 Å². The Bertz CT molecular complexity index is 320. The van der Waals surface area contributed by atoms with E-state index in [2.05, 4.69) is 54.9 Å². The first-order valence-corrected chi connectivity index (χ1v) is 4.60. The van der Waals surface area contributed by atoms with Crippen LogP contribution in [0, 0.1) is 6.92 Å². The normalized spacial score (nSPS) is 14.6. The molecule has 0 radical (unpaired) electrons. The molecule has 13 heavy (non-hydrogen) atoms. The van der Waals surface area contributed by atoms with Crippen LogP contribution in [0.4, 0.5) is 11.4 Å². The van der Waals surface area contributed by atoms with Crippen molar-refractivity contribution in [2.24, 2.45) is 0 Å². The second-order valence-electron chi connectivity index (χ2n) is 3.72. The van der Waals surface area contributed by atoms with Crippen molar-refractivity contribution in [2.75, 3.05) is 10.4 Å². The van der Waals surface area contributed by atoms with Crippen LogP contribution in [0.2, 0.25) is 0 Å². The fourth-order valence-corrected chi connectivity index (χ4v) is 1.55. The second kappa shape index (κ2) is 2.92. The molecule has 1 aliphatic rings. The first-order valence-electron chi connectivity index (χ1n) is 4.60. The summed E-state index contributed by atoms with van der Waals surface area (Å²) >= 11 is 0. The topological polar surface area (TPSA) is 27.3 Å². The molecule has 0 saturated carbocycles. The van der Waals surface area contributed by atoms with Crippen molar-refractivity contribution < 1.29 is 0 Å². The van der Waals surface area contributed by atoms with E-state index >= 15 is 0 Å². The molecule has 0 spiro atoms. The van der Waals surface area contributed by atoms with Crippen molar-refractivity contribution in [3.05, 3.63) is 23.8 Å². The maximum atomic E-state index is 3.15. The highest BCUT2D eigenvalue weighted by Gasteiger charge is 2.19. The molecule has 0 fully saturated rings. The summed E-state index contributed by atoms with van der Waals surface area (Å²) in [4.78, 5) is 0. The first-order chi connectivity index (χ1) is 6.18. The van der Waals surface area contributed by atoms with Gasteiger partial charge in [0.25, 0.3) is 0 Å². The molecule has 0 aliphatic carbocycles. The number of hydrazine groups is 2. The van der Waals surface area contributed by atoms with E-state index < -0.39 is 0 Å². The lowest BCUT2D eigenvalue weighted by Gasteiger charge is -2.21. The number of fused-ring (bicyclic) bond motifs is 1. The minimum Gasteiger partial charge on any atom is -0.302 e. The largest absolute Gasteiger partial charge is 0.302 e. The van der Waals surface area contributed by atoms with Crippen LogP contribution in [-0.4, -0.2) is 6.04 Å². The molecule has 0 atom stereocenters. The van der Waals surface area contributed by atoms with Crippen LogP contribution in [0.25, 0.3) is 0 Å². The zero-order valence-electron chi connectivity index (χ0n) is 8.26. The minimum absolute atomic E-state index is 0.455. The SMILES string of the molecule is Cc1ccc2c(c1)NNN2C(C)C. The van der Waals surface area contributed by atoms with Crippen molar-refractivity contribution in [3.8, 4) is 0 Å². The molecule has 2 N–H and O–H groups in total. The maximum Gasteiger partial charge on any atom is 0.0786 e. The summed E-state index contributed by atoms with van der Waals surface area (Å²) in [5.74, 6) is 0. The van der Waals surface area contributed by atoms with Gasteiger partial charge >= 0.3 is 0 Å². The van der Waals surface area contributed by atoms with Crippen LogP contribution in [0.5, 0.6) is 0 Å².